The number of benzene rings is 1. The number of alkyl halides is 1. The molecule has 1 aromatic rings. The van der Waals surface area contributed by atoms with Gasteiger partial charge in [0.25, 0.3) is 0 Å². The quantitative estimate of drug-likeness (QED) is 0.543. The summed E-state index contributed by atoms with van der Waals surface area (Å²) in [5.41, 5.74) is 2.81. The lowest BCUT2D eigenvalue weighted by Gasteiger charge is -2.14. The van der Waals surface area contributed by atoms with Gasteiger partial charge in [0.2, 0.25) is 0 Å². The van der Waals surface area contributed by atoms with E-state index >= 15 is 0 Å². The maximum atomic E-state index is 3.61. The molecule has 0 aromatic heterocycles. The lowest BCUT2D eigenvalue weighted by atomic mass is 9.98. The SMILES string of the molecule is CCSCCC(CBr)c1ccc(C)cc1. The van der Waals surface area contributed by atoms with Crippen LogP contribution >= 0.6 is 27.7 Å². The second kappa shape index (κ2) is 7.34. The van der Waals surface area contributed by atoms with Crippen LogP contribution in [0.1, 0.15) is 30.4 Å². The zero-order valence-corrected chi connectivity index (χ0v) is 11.9. The van der Waals surface area contributed by atoms with E-state index in [4.69, 9.17) is 0 Å². The van der Waals surface area contributed by atoms with E-state index in [0.717, 1.165) is 5.33 Å². The third kappa shape index (κ3) is 4.60. The first-order valence-electron chi connectivity index (χ1n) is 5.48. The second-order valence-corrected chi connectivity index (χ2v) is 5.79. The van der Waals surface area contributed by atoms with E-state index in [1.807, 2.05) is 11.8 Å². The predicted molar refractivity (Wildman–Crippen MR) is 75.3 cm³/mol. The summed E-state index contributed by atoms with van der Waals surface area (Å²) in [6.45, 7) is 4.36. The van der Waals surface area contributed by atoms with Crippen LogP contribution in [0.25, 0.3) is 0 Å². The minimum Gasteiger partial charge on any atom is -0.162 e. The fourth-order valence-corrected chi connectivity index (χ4v) is 2.98. The average molecular weight is 287 g/mol. The van der Waals surface area contributed by atoms with Gasteiger partial charge in [-0.2, -0.15) is 11.8 Å². The summed E-state index contributed by atoms with van der Waals surface area (Å²) in [4.78, 5) is 0. The van der Waals surface area contributed by atoms with Crippen LogP contribution in [0.5, 0.6) is 0 Å². The normalized spacial score (nSPS) is 12.7. The molecule has 0 fully saturated rings. The van der Waals surface area contributed by atoms with Crippen LogP contribution in [-0.2, 0) is 0 Å². The van der Waals surface area contributed by atoms with Crippen molar-refractivity contribution in [1.82, 2.24) is 0 Å². The molecule has 0 amide bonds. The van der Waals surface area contributed by atoms with Gasteiger partial charge in [0, 0.05) is 5.33 Å². The molecular formula is C13H19BrS. The number of hydrogen-bond acceptors (Lipinski definition) is 1. The lowest BCUT2D eigenvalue weighted by Crippen LogP contribution is -2.02. The summed E-state index contributed by atoms with van der Waals surface area (Å²) in [5.74, 6) is 3.16. The van der Waals surface area contributed by atoms with Crippen LogP contribution in [0.3, 0.4) is 0 Å². The summed E-state index contributed by atoms with van der Waals surface area (Å²) in [6.07, 6.45) is 1.27. The first-order chi connectivity index (χ1) is 7.27. The zero-order valence-electron chi connectivity index (χ0n) is 9.50. The van der Waals surface area contributed by atoms with E-state index in [1.165, 1.54) is 29.1 Å². The molecule has 0 aliphatic rings. The third-order valence-electron chi connectivity index (χ3n) is 2.55. The molecule has 0 aliphatic heterocycles. The summed E-state index contributed by atoms with van der Waals surface area (Å²) >= 11 is 5.64. The van der Waals surface area contributed by atoms with Gasteiger partial charge in [-0.15, -0.1) is 0 Å². The van der Waals surface area contributed by atoms with Crippen molar-refractivity contribution in [3.63, 3.8) is 0 Å². The van der Waals surface area contributed by atoms with Crippen molar-refractivity contribution < 1.29 is 0 Å². The smallest absolute Gasteiger partial charge is 0.0100 e. The Morgan fingerprint density at radius 1 is 1.27 bits per heavy atom. The van der Waals surface area contributed by atoms with Crippen LogP contribution in [0.2, 0.25) is 0 Å². The van der Waals surface area contributed by atoms with E-state index in [9.17, 15) is 0 Å². The average Bonchev–Trinajstić information content (AvgIpc) is 2.26. The van der Waals surface area contributed by atoms with E-state index in [0.29, 0.717) is 5.92 Å². The number of thioether (sulfide) groups is 1. The Bertz CT molecular complexity index is 268. The number of rotatable bonds is 6. The third-order valence-corrected chi connectivity index (χ3v) is 4.26. The van der Waals surface area contributed by atoms with E-state index in [2.05, 4.69) is 54.0 Å². The van der Waals surface area contributed by atoms with Gasteiger partial charge in [0.15, 0.2) is 0 Å². The van der Waals surface area contributed by atoms with Gasteiger partial charge in [0.05, 0.1) is 0 Å². The second-order valence-electron chi connectivity index (χ2n) is 3.75. The Morgan fingerprint density at radius 3 is 2.47 bits per heavy atom. The van der Waals surface area contributed by atoms with Gasteiger partial charge in [0.1, 0.15) is 0 Å². The molecule has 1 aromatic carbocycles. The van der Waals surface area contributed by atoms with Crippen molar-refractivity contribution in [2.75, 3.05) is 16.8 Å². The van der Waals surface area contributed by atoms with Crippen molar-refractivity contribution in [1.29, 1.82) is 0 Å². The maximum Gasteiger partial charge on any atom is 0.0100 e. The summed E-state index contributed by atoms with van der Waals surface area (Å²) < 4.78 is 0. The molecule has 2 heteroatoms. The molecule has 0 saturated heterocycles. The Hall–Kier alpha value is 0.0500. The molecule has 0 aliphatic carbocycles. The van der Waals surface area contributed by atoms with Crippen molar-refractivity contribution in [3.05, 3.63) is 35.4 Å². The Labute approximate surface area is 106 Å². The van der Waals surface area contributed by atoms with Crippen molar-refractivity contribution in [2.24, 2.45) is 0 Å². The molecule has 15 heavy (non-hydrogen) atoms. The molecule has 1 rings (SSSR count). The Balaban J connectivity index is 2.53. The predicted octanol–water partition coefficient (Wildman–Crippen LogP) is 4.62. The van der Waals surface area contributed by atoms with Gasteiger partial charge >= 0.3 is 0 Å². The molecule has 0 saturated carbocycles. The fraction of sp³-hybridized carbons (Fsp3) is 0.538. The van der Waals surface area contributed by atoms with E-state index in [-0.39, 0.29) is 0 Å². The number of hydrogen-bond donors (Lipinski definition) is 0. The van der Waals surface area contributed by atoms with Gasteiger partial charge in [-0.25, -0.2) is 0 Å². The molecule has 84 valence electrons. The molecule has 1 unspecified atom stereocenters. The number of halogens is 1. The maximum absolute atomic E-state index is 3.61. The van der Waals surface area contributed by atoms with Gasteiger partial charge < -0.3 is 0 Å². The van der Waals surface area contributed by atoms with Crippen LogP contribution in [0, 0.1) is 6.92 Å². The first kappa shape index (κ1) is 13.1. The molecule has 0 heterocycles. The molecule has 1 atom stereocenters. The van der Waals surface area contributed by atoms with Crippen molar-refractivity contribution in [3.8, 4) is 0 Å². The minimum absolute atomic E-state index is 0.671. The Morgan fingerprint density at radius 2 is 1.93 bits per heavy atom. The topological polar surface area (TPSA) is 0 Å². The molecule has 0 N–H and O–H groups in total. The monoisotopic (exact) mass is 286 g/mol. The standard InChI is InChI=1S/C13H19BrS/c1-3-15-9-8-13(10-14)12-6-4-11(2)5-7-12/h4-7,13H,3,8-10H2,1-2H3. The highest BCUT2D eigenvalue weighted by atomic mass is 79.9. The summed E-state index contributed by atoms with van der Waals surface area (Å²) in [6, 6.07) is 8.94. The van der Waals surface area contributed by atoms with Crippen molar-refractivity contribution in [2.45, 2.75) is 26.2 Å². The zero-order chi connectivity index (χ0) is 11.1. The molecule has 0 bridgehead atoms. The molecular weight excluding hydrogens is 268 g/mol. The largest absolute Gasteiger partial charge is 0.162 e. The lowest BCUT2D eigenvalue weighted by molar-refractivity contribution is 0.756. The van der Waals surface area contributed by atoms with Crippen molar-refractivity contribution >= 4 is 27.7 Å². The highest BCUT2D eigenvalue weighted by molar-refractivity contribution is 9.09. The molecule has 0 radical (unpaired) electrons. The van der Waals surface area contributed by atoms with Crippen LogP contribution in [0.4, 0.5) is 0 Å². The van der Waals surface area contributed by atoms with Gasteiger partial charge in [-0.3, -0.25) is 0 Å². The summed E-state index contributed by atoms with van der Waals surface area (Å²) in [7, 11) is 0. The highest BCUT2D eigenvalue weighted by Crippen LogP contribution is 2.24. The van der Waals surface area contributed by atoms with Gasteiger partial charge in [-0.05, 0) is 36.3 Å². The summed E-state index contributed by atoms with van der Waals surface area (Å²) in [5, 5.41) is 1.07. The number of aryl methyl sites for hydroxylation is 1. The van der Waals surface area contributed by atoms with Crippen LogP contribution in [-0.4, -0.2) is 16.8 Å². The van der Waals surface area contributed by atoms with Crippen LogP contribution in [0.15, 0.2) is 24.3 Å². The fourth-order valence-electron chi connectivity index (χ4n) is 1.54. The minimum atomic E-state index is 0.671. The Kier molecular flexibility index (Phi) is 6.42. The van der Waals surface area contributed by atoms with E-state index in [1.54, 1.807) is 0 Å². The first-order valence-corrected chi connectivity index (χ1v) is 7.75. The molecule has 0 nitrogen and oxygen atoms in total. The van der Waals surface area contributed by atoms with Gasteiger partial charge in [-0.1, -0.05) is 52.7 Å². The van der Waals surface area contributed by atoms with E-state index < -0.39 is 0 Å². The highest BCUT2D eigenvalue weighted by Gasteiger charge is 2.09. The molecule has 0 spiro atoms. The van der Waals surface area contributed by atoms with Crippen LogP contribution < -0.4 is 0 Å².